The number of methoxy groups -OCH3 is 2. The SMILES string of the molecule is COc1cc(NCc2ccc(Br)c(F)c2)cc(OC)c1. The molecule has 0 radical (unpaired) electrons. The Bertz CT molecular complexity index is 582. The molecule has 0 saturated carbocycles. The molecular weight excluding hydrogens is 325 g/mol. The molecule has 0 amide bonds. The van der Waals surface area contributed by atoms with Crippen LogP contribution in [0.5, 0.6) is 11.5 Å². The maximum Gasteiger partial charge on any atom is 0.137 e. The van der Waals surface area contributed by atoms with Gasteiger partial charge in [0, 0.05) is 30.4 Å². The topological polar surface area (TPSA) is 30.5 Å². The van der Waals surface area contributed by atoms with Crippen LogP contribution < -0.4 is 14.8 Å². The van der Waals surface area contributed by atoms with Crippen LogP contribution in [0.1, 0.15) is 5.56 Å². The Morgan fingerprint density at radius 2 is 1.70 bits per heavy atom. The summed E-state index contributed by atoms with van der Waals surface area (Å²) in [6, 6.07) is 10.6. The molecule has 3 nitrogen and oxygen atoms in total. The Balaban J connectivity index is 2.11. The summed E-state index contributed by atoms with van der Waals surface area (Å²) in [4.78, 5) is 0. The summed E-state index contributed by atoms with van der Waals surface area (Å²) in [6.07, 6.45) is 0. The zero-order valence-electron chi connectivity index (χ0n) is 11.2. The summed E-state index contributed by atoms with van der Waals surface area (Å²) in [6.45, 7) is 0.514. The van der Waals surface area contributed by atoms with Crippen molar-refractivity contribution in [2.75, 3.05) is 19.5 Å². The van der Waals surface area contributed by atoms with Crippen LogP contribution in [0.4, 0.5) is 10.1 Å². The number of halogens is 2. The van der Waals surface area contributed by atoms with Crippen molar-refractivity contribution in [3.05, 3.63) is 52.3 Å². The van der Waals surface area contributed by atoms with Crippen LogP contribution in [-0.4, -0.2) is 14.2 Å². The fourth-order valence-electron chi connectivity index (χ4n) is 1.76. The second kappa shape index (κ2) is 6.61. The first-order valence-corrected chi connectivity index (χ1v) is 6.82. The van der Waals surface area contributed by atoms with Gasteiger partial charge in [0.25, 0.3) is 0 Å². The Morgan fingerprint density at radius 3 is 2.25 bits per heavy atom. The predicted molar refractivity (Wildman–Crippen MR) is 81.0 cm³/mol. The quantitative estimate of drug-likeness (QED) is 0.884. The smallest absolute Gasteiger partial charge is 0.137 e. The number of rotatable bonds is 5. The van der Waals surface area contributed by atoms with Crippen LogP contribution in [-0.2, 0) is 6.54 Å². The minimum Gasteiger partial charge on any atom is -0.497 e. The molecule has 0 unspecified atom stereocenters. The first-order chi connectivity index (χ1) is 9.62. The number of ether oxygens (including phenoxy) is 2. The molecule has 0 aliphatic rings. The van der Waals surface area contributed by atoms with Gasteiger partial charge < -0.3 is 14.8 Å². The minimum atomic E-state index is -0.271. The molecule has 106 valence electrons. The van der Waals surface area contributed by atoms with Gasteiger partial charge in [-0.15, -0.1) is 0 Å². The van der Waals surface area contributed by atoms with Crippen LogP contribution in [0.25, 0.3) is 0 Å². The van der Waals surface area contributed by atoms with Gasteiger partial charge in [0.2, 0.25) is 0 Å². The third-order valence-corrected chi connectivity index (χ3v) is 3.48. The molecule has 0 bridgehead atoms. The van der Waals surface area contributed by atoms with Gasteiger partial charge in [0.05, 0.1) is 18.7 Å². The molecule has 0 heterocycles. The van der Waals surface area contributed by atoms with E-state index >= 15 is 0 Å². The van der Waals surface area contributed by atoms with Crippen molar-refractivity contribution >= 4 is 21.6 Å². The van der Waals surface area contributed by atoms with E-state index in [2.05, 4.69) is 21.2 Å². The summed E-state index contributed by atoms with van der Waals surface area (Å²) >= 11 is 3.13. The molecule has 0 aliphatic heterocycles. The molecule has 0 aliphatic carbocycles. The highest BCUT2D eigenvalue weighted by atomic mass is 79.9. The molecule has 0 spiro atoms. The summed E-state index contributed by atoms with van der Waals surface area (Å²) in [7, 11) is 3.20. The van der Waals surface area contributed by atoms with Gasteiger partial charge in [-0.1, -0.05) is 6.07 Å². The highest BCUT2D eigenvalue weighted by molar-refractivity contribution is 9.10. The van der Waals surface area contributed by atoms with Crippen LogP contribution >= 0.6 is 15.9 Å². The summed E-state index contributed by atoms with van der Waals surface area (Å²) < 4.78 is 24.3. The lowest BCUT2D eigenvalue weighted by molar-refractivity contribution is 0.394. The summed E-state index contributed by atoms with van der Waals surface area (Å²) in [5.74, 6) is 1.13. The molecule has 0 atom stereocenters. The van der Waals surface area contributed by atoms with Crippen molar-refractivity contribution in [1.82, 2.24) is 0 Å². The molecule has 2 aromatic rings. The lowest BCUT2D eigenvalue weighted by Crippen LogP contribution is -2.01. The first-order valence-electron chi connectivity index (χ1n) is 6.03. The van der Waals surface area contributed by atoms with Crippen LogP contribution in [0.2, 0.25) is 0 Å². The van der Waals surface area contributed by atoms with Crippen LogP contribution in [0.3, 0.4) is 0 Å². The molecule has 2 rings (SSSR count). The van der Waals surface area contributed by atoms with E-state index < -0.39 is 0 Å². The zero-order chi connectivity index (χ0) is 14.5. The van der Waals surface area contributed by atoms with Gasteiger partial charge in [-0.05, 0) is 33.6 Å². The largest absolute Gasteiger partial charge is 0.497 e. The lowest BCUT2D eigenvalue weighted by atomic mass is 10.2. The number of nitrogens with one attached hydrogen (secondary N) is 1. The highest BCUT2D eigenvalue weighted by Gasteiger charge is 2.03. The van der Waals surface area contributed by atoms with Crippen molar-refractivity contribution in [2.45, 2.75) is 6.54 Å². The van der Waals surface area contributed by atoms with Crippen molar-refractivity contribution < 1.29 is 13.9 Å². The first kappa shape index (κ1) is 14.7. The van der Waals surface area contributed by atoms with E-state index in [4.69, 9.17) is 9.47 Å². The van der Waals surface area contributed by atoms with Gasteiger partial charge >= 0.3 is 0 Å². The Hall–Kier alpha value is -1.75. The fraction of sp³-hybridized carbons (Fsp3) is 0.200. The Labute approximate surface area is 125 Å². The van der Waals surface area contributed by atoms with Crippen molar-refractivity contribution in [2.24, 2.45) is 0 Å². The normalized spacial score (nSPS) is 10.2. The average Bonchev–Trinajstić information content (AvgIpc) is 2.48. The van der Waals surface area contributed by atoms with Gasteiger partial charge in [0.1, 0.15) is 17.3 Å². The van der Waals surface area contributed by atoms with E-state index in [9.17, 15) is 4.39 Å². The van der Waals surface area contributed by atoms with E-state index in [0.29, 0.717) is 22.5 Å². The second-order valence-corrected chi connectivity index (χ2v) is 5.06. The average molecular weight is 340 g/mol. The Morgan fingerprint density at radius 1 is 1.05 bits per heavy atom. The molecule has 20 heavy (non-hydrogen) atoms. The number of anilines is 1. The maximum atomic E-state index is 13.4. The van der Waals surface area contributed by atoms with Gasteiger partial charge in [-0.25, -0.2) is 4.39 Å². The van der Waals surface area contributed by atoms with Crippen LogP contribution in [0, 0.1) is 5.82 Å². The summed E-state index contributed by atoms with van der Waals surface area (Å²) in [5, 5.41) is 3.22. The van der Waals surface area contributed by atoms with E-state index in [1.54, 1.807) is 26.4 Å². The molecule has 0 aromatic heterocycles. The van der Waals surface area contributed by atoms with Gasteiger partial charge in [-0.2, -0.15) is 0 Å². The Kier molecular flexibility index (Phi) is 4.84. The van der Waals surface area contributed by atoms with Crippen LogP contribution in [0.15, 0.2) is 40.9 Å². The molecule has 2 aromatic carbocycles. The number of hydrogen-bond acceptors (Lipinski definition) is 3. The van der Waals surface area contributed by atoms with E-state index in [1.807, 2.05) is 18.2 Å². The molecule has 1 N–H and O–H groups in total. The standard InChI is InChI=1S/C15H15BrFNO2/c1-19-12-6-11(7-13(8-12)20-2)18-9-10-3-4-14(16)15(17)5-10/h3-8,18H,9H2,1-2H3. The second-order valence-electron chi connectivity index (χ2n) is 4.20. The molecular formula is C15H15BrFNO2. The summed E-state index contributed by atoms with van der Waals surface area (Å²) in [5.41, 5.74) is 1.71. The van der Waals surface area contributed by atoms with Gasteiger partial charge in [0.15, 0.2) is 0 Å². The minimum absolute atomic E-state index is 0.271. The third-order valence-electron chi connectivity index (χ3n) is 2.83. The van der Waals surface area contributed by atoms with E-state index in [1.165, 1.54) is 6.07 Å². The predicted octanol–water partition coefficient (Wildman–Crippen LogP) is 4.22. The fourth-order valence-corrected chi connectivity index (χ4v) is 2.01. The third kappa shape index (κ3) is 3.63. The highest BCUT2D eigenvalue weighted by Crippen LogP contribution is 2.26. The van der Waals surface area contributed by atoms with Crippen molar-refractivity contribution in [3.63, 3.8) is 0 Å². The monoisotopic (exact) mass is 339 g/mol. The number of benzene rings is 2. The van der Waals surface area contributed by atoms with Gasteiger partial charge in [-0.3, -0.25) is 0 Å². The maximum absolute atomic E-state index is 13.4. The molecule has 0 saturated heterocycles. The lowest BCUT2D eigenvalue weighted by Gasteiger charge is -2.11. The van der Waals surface area contributed by atoms with E-state index in [0.717, 1.165) is 11.3 Å². The number of hydrogen-bond donors (Lipinski definition) is 1. The van der Waals surface area contributed by atoms with Crippen molar-refractivity contribution in [3.8, 4) is 11.5 Å². The van der Waals surface area contributed by atoms with E-state index in [-0.39, 0.29) is 5.82 Å². The molecule has 5 heteroatoms. The zero-order valence-corrected chi connectivity index (χ0v) is 12.8. The van der Waals surface area contributed by atoms with Crippen molar-refractivity contribution in [1.29, 1.82) is 0 Å². The molecule has 0 fully saturated rings.